The number of terminal acetylenes is 1. The molecule has 4 nitrogen and oxygen atoms in total. The Balaban J connectivity index is 2.30. The fraction of sp³-hybridized carbons (Fsp3) is 0.100. The summed E-state index contributed by atoms with van der Waals surface area (Å²) in [5, 5.41) is 0. The van der Waals surface area contributed by atoms with Crippen LogP contribution in [0.1, 0.15) is 0 Å². The van der Waals surface area contributed by atoms with Crippen LogP contribution in [0.5, 0.6) is 5.88 Å². The quantitative estimate of drug-likeness (QED) is 0.733. The van der Waals surface area contributed by atoms with Crippen molar-refractivity contribution in [3.05, 3.63) is 24.5 Å². The average molecular weight is 217 g/mol. The van der Waals surface area contributed by atoms with E-state index in [1.807, 2.05) is 12.1 Å². The van der Waals surface area contributed by atoms with Gasteiger partial charge in [0.05, 0.1) is 11.7 Å². The molecule has 0 saturated heterocycles. The van der Waals surface area contributed by atoms with Crippen molar-refractivity contribution in [2.24, 2.45) is 0 Å². The van der Waals surface area contributed by atoms with Crippen molar-refractivity contribution in [1.82, 2.24) is 13.7 Å². The zero-order chi connectivity index (χ0) is 10.5. The second-order valence-corrected chi connectivity index (χ2v) is 3.18. The number of ether oxygens (including phenoxy) is 1. The molecule has 0 unspecified atom stereocenters. The summed E-state index contributed by atoms with van der Waals surface area (Å²) >= 11 is 1.10. The van der Waals surface area contributed by atoms with E-state index in [0.29, 0.717) is 11.6 Å². The smallest absolute Gasteiger partial charge is 0.254 e. The standard InChI is InChI=1S/C10H7N3OS/c1-2-7-14-10-9(12-15-13-10)8-3-5-11-6-4-8/h1,3-6H,7H2. The first-order valence-electron chi connectivity index (χ1n) is 4.21. The molecule has 0 fully saturated rings. The van der Waals surface area contributed by atoms with Crippen molar-refractivity contribution in [2.45, 2.75) is 0 Å². The Labute approximate surface area is 91.3 Å². The van der Waals surface area contributed by atoms with Crippen molar-refractivity contribution < 1.29 is 4.74 Å². The maximum absolute atomic E-state index is 5.26. The highest BCUT2D eigenvalue weighted by Gasteiger charge is 2.10. The van der Waals surface area contributed by atoms with Gasteiger partial charge >= 0.3 is 0 Å². The summed E-state index contributed by atoms with van der Waals surface area (Å²) in [7, 11) is 0. The number of pyridine rings is 1. The SMILES string of the molecule is C#CCOc1nsnc1-c1ccncc1. The highest BCUT2D eigenvalue weighted by atomic mass is 32.1. The molecule has 2 rings (SSSR count). The van der Waals surface area contributed by atoms with Crippen molar-refractivity contribution >= 4 is 11.7 Å². The van der Waals surface area contributed by atoms with Crippen molar-refractivity contribution in [2.75, 3.05) is 6.61 Å². The van der Waals surface area contributed by atoms with E-state index in [1.54, 1.807) is 12.4 Å². The second kappa shape index (κ2) is 4.53. The van der Waals surface area contributed by atoms with Crippen LogP contribution in [0.4, 0.5) is 0 Å². The van der Waals surface area contributed by atoms with E-state index in [0.717, 1.165) is 17.3 Å². The molecule has 15 heavy (non-hydrogen) atoms. The minimum Gasteiger partial charge on any atom is -0.462 e. The van der Waals surface area contributed by atoms with Gasteiger partial charge in [-0.1, -0.05) is 5.92 Å². The topological polar surface area (TPSA) is 47.9 Å². The Morgan fingerprint density at radius 2 is 2.13 bits per heavy atom. The van der Waals surface area contributed by atoms with Gasteiger partial charge in [0.25, 0.3) is 5.88 Å². The zero-order valence-corrected chi connectivity index (χ0v) is 8.57. The molecule has 0 atom stereocenters. The summed E-state index contributed by atoms with van der Waals surface area (Å²) in [6.07, 6.45) is 8.49. The molecule has 0 amide bonds. The van der Waals surface area contributed by atoms with Gasteiger partial charge in [0.2, 0.25) is 0 Å². The lowest BCUT2D eigenvalue weighted by Crippen LogP contribution is -1.95. The molecule has 2 aromatic heterocycles. The van der Waals surface area contributed by atoms with Crippen molar-refractivity contribution in [1.29, 1.82) is 0 Å². The Hall–Kier alpha value is -1.93. The fourth-order valence-corrected chi connectivity index (χ4v) is 1.59. The number of hydrogen-bond acceptors (Lipinski definition) is 5. The van der Waals surface area contributed by atoms with Crippen LogP contribution in [0, 0.1) is 12.3 Å². The van der Waals surface area contributed by atoms with Gasteiger partial charge in [0.1, 0.15) is 5.69 Å². The molecule has 2 aromatic rings. The molecule has 0 aliphatic rings. The summed E-state index contributed by atoms with van der Waals surface area (Å²) in [5.41, 5.74) is 1.63. The second-order valence-electron chi connectivity index (χ2n) is 2.65. The molecular formula is C10H7N3OS. The van der Waals surface area contributed by atoms with Gasteiger partial charge in [0, 0.05) is 18.0 Å². The third-order valence-electron chi connectivity index (χ3n) is 1.70. The molecule has 0 saturated carbocycles. The van der Waals surface area contributed by atoms with E-state index in [4.69, 9.17) is 11.2 Å². The van der Waals surface area contributed by atoms with Crippen LogP contribution in [0.25, 0.3) is 11.3 Å². The monoisotopic (exact) mass is 217 g/mol. The Morgan fingerprint density at radius 1 is 1.33 bits per heavy atom. The molecule has 0 bridgehead atoms. The summed E-state index contributed by atoms with van der Waals surface area (Å²) in [5.74, 6) is 2.86. The summed E-state index contributed by atoms with van der Waals surface area (Å²) in [4.78, 5) is 3.93. The lowest BCUT2D eigenvalue weighted by atomic mass is 10.2. The fourth-order valence-electron chi connectivity index (χ4n) is 1.07. The summed E-state index contributed by atoms with van der Waals surface area (Å²) < 4.78 is 13.4. The van der Waals surface area contributed by atoms with Gasteiger partial charge in [0.15, 0.2) is 6.61 Å². The van der Waals surface area contributed by atoms with E-state index < -0.39 is 0 Å². The van der Waals surface area contributed by atoms with Crippen LogP contribution in [0.3, 0.4) is 0 Å². The van der Waals surface area contributed by atoms with Gasteiger partial charge < -0.3 is 4.74 Å². The molecular weight excluding hydrogens is 210 g/mol. The largest absolute Gasteiger partial charge is 0.462 e. The van der Waals surface area contributed by atoms with E-state index >= 15 is 0 Å². The van der Waals surface area contributed by atoms with E-state index in [9.17, 15) is 0 Å². The normalized spacial score (nSPS) is 9.53. The van der Waals surface area contributed by atoms with Crippen molar-refractivity contribution in [3.8, 4) is 29.5 Å². The third kappa shape index (κ3) is 2.11. The molecule has 0 radical (unpaired) electrons. The summed E-state index contributed by atoms with van der Waals surface area (Å²) in [6, 6.07) is 3.69. The predicted octanol–water partition coefficient (Wildman–Crippen LogP) is 1.61. The van der Waals surface area contributed by atoms with Gasteiger partial charge in [-0.2, -0.15) is 4.37 Å². The lowest BCUT2D eigenvalue weighted by molar-refractivity contribution is 0.360. The molecule has 0 aliphatic heterocycles. The highest BCUT2D eigenvalue weighted by molar-refractivity contribution is 6.99. The predicted molar refractivity (Wildman–Crippen MR) is 57.5 cm³/mol. The Morgan fingerprint density at radius 3 is 2.87 bits per heavy atom. The van der Waals surface area contributed by atoms with E-state index in [2.05, 4.69) is 19.7 Å². The van der Waals surface area contributed by atoms with Crippen LogP contribution < -0.4 is 4.74 Å². The van der Waals surface area contributed by atoms with Crippen LogP contribution >= 0.6 is 11.7 Å². The maximum atomic E-state index is 5.26. The van der Waals surface area contributed by atoms with Crippen LogP contribution in [0.15, 0.2) is 24.5 Å². The molecule has 2 heterocycles. The molecule has 74 valence electrons. The number of hydrogen-bond donors (Lipinski definition) is 0. The minimum atomic E-state index is 0.198. The van der Waals surface area contributed by atoms with Crippen LogP contribution in [0.2, 0.25) is 0 Å². The van der Waals surface area contributed by atoms with Gasteiger partial charge in [-0.05, 0) is 12.1 Å². The highest BCUT2D eigenvalue weighted by Crippen LogP contribution is 2.26. The van der Waals surface area contributed by atoms with E-state index in [1.165, 1.54) is 0 Å². The Kier molecular flexibility index (Phi) is 2.90. The van der Waals surface area contributed by atoms with Gasteiger partial charge in [-0.25, -0.2) is 0 Å². The van der Waals surface area contributed by atoms with Gasteiger partial charge in [-0.15, -0.1) is 10.8 Å². The van der Waals surface area contributed by atoms with Crippen molar-refractivity contribution in [3.63, 3.8) is 0 Å². The van der Waals surface area contributed by atoms with Gasteiger partial charge in [-0.3, -0.25) is 4.98 Å². The maximum Gasteiger partial charge on any atom is 0.254 e. The molecule has 0 spiro atoms. The minimum absolute atomic E-state index is 0.198. The van der Waals surface area contributed by atoms with E-state index in [-0.39, 0.29) is 6.61 Å². The van der Waals surface area contributed by atoms with Crippen LogP contribution in [-0.4, -0.2) is 20.3 Å². The zero-order valence-electron chi connectivity index (χ0n) is 7.75. The molecule has 5 heteroatoms. The first-order chi connectivity index (χ1) is 7.42. The number of aromatic nitrogens is 3. The summed E-state index contributed by atoms with van der Waals surface area (Å²) in [6.45, 7) is 0.198. The Bertz CT molecular complexity index is 475. The molecule has 0 aliphatic carbocycles. The molecule has 0 N–H and O–H groups in total. The average Bonchev–Trinajstić information content (AvgIpc) is 2.75. The first-order valence-corrected chi connectivity index (χ1v) is 4.94. The first kappa shape index (κ1) is 9.62. The number of nitrogens with zero attached hydrogens (tertiary/aromatic N) is 3. The number of rotatable bonds is 3. The molecule has 0 aromatic carbocycles. The van der Waals surface area contributed by atoms with Crippen LogP contribution in [-0.2, 0) is 0 Å². The lowest BCUT2D eigenvalue weighted by Gasteiger charge is -2.00. The third-order valence-corrected chi connectivity index (χ3v) is 2.22.